The first-order valence-electron chi connectivity index (χ1n) is 3.36. The Morgan fingerprint density at radius 3 is 2.67 bits per heavy atom. The number of nitrogens with two attached hydrogens (primary N) is 1. The van der Waals surface area contributed by atoms with Crippen molar-refractivity contribution in [1.29, 1.82) is 0 Å². The minimum absolute atomic E-state index is 1.13. The largest absolute Gasteiger partial charge is 0.404 e. The van der Waals surface area contributed by atoms with Gasteiger partial charge in [-0.25, -0.2) is 0 Å². The minimum Gasteiger partial charge on any atom is -0.404 e. The maximum absolute atomic E-state index is 5.24. The van der Waals surface area contributed by atoms with Crippen LogP contribution < -0.4 is 5.73 Å². The molecule has 0 spiro atoms. The predicted molar refractivity (Wildman–Crippen MR) is 42.0 cm³/mol. The Labute approximate surface area is 57.3 Å². The molecule has 9 heavy (non-hydrogen) atoms. The maximum Gasteiger partial charge on any atom is -0.00327 e. The van der Waals surface area contributed by atoms with Crippen molar-refractivity contribution in [2.24, 2.45) is 5.73 Å². The highest BCUT2D eigenvalue weighted by Crippen LogP contribution is 1.94. The molecule has 0 unspecified atom stereocenters. The highest BCUT2D eigenvalue weighted by molar-refractivity contribution is 5.13. The number of hydrogen-bond acceptors (Lipinski definition) is 1. The van der Waals surface area contributed by atoms with E-state index in [9.17, 15) is 0 Å². The summed E-state index contributed by atoms with van der Waals surface area (Å²) in [4.78, 5) is 0. The van der Waals surface area contributed by atoms with Crippen LogP contribution in [0.3, 0.4) is 0 Å². The molecule has 0 aliphatic rings. The average molecular weight is 125 g/mol. The van der Waals surface area contributed by atoms with Crippen molar-refractivity contribution in [3.8, 4) is 0 Å². The third kappa shape index (κ3) is 5.15. The molecule has 0 bridgehead atoms. The summed E-state index contributed by atoms with van der Waals surface area (Å²) >= 11 is 0. The molecule has 0 heterocycles. The Morgan fingerprint density at radius 1 is 1.56 bits per heavy atom. The van der Waals surface area contributed by atoms with E-state index in [1.54, 1.807) is 6.20 Å². The molecule has 0 aromatic rings. The van der Waals surface area contributed by atoms with Gasteiger partial charge in [0.05, 0.1) is 0 Å². The first kappa shape index (κ1) is 8.28. The fraction of sp³-hybridized carbons (Fsp3) is 0.500. The summed E-state index contributed by atoms with van der Waals surface area (Å²) in [6, 6.07) is 0. The molecule has 0 rings (SSSR count). The van der Waals surface area contributed by atoms with Crippen LogP contribution in [-0.4, -0.2) is 0 Å². The van der Waals surface area contributed by atoms with E-state index < -0.39 is 0 Å². The third-order valence-corrected chi connectivity index (χ3v) is 1.10. The SMILES string of the molecule is CCCC=C/C(C)=C\N. The van der Waals surface area contributed by atoms with E-state index in [0.717, 1.165) is 12.0 Å². The lowest BCUT2D eigenvalue weighted by Crippen LogP contribution is -1.79. The van der Waals surface area contributed by atoms with E-state index in [2.05, 4.69) is 13.0 Å². The highest BCUT2D eigenvalue weighted by atomic mass is 14.5. The summed E-state index contributed by atoms with van der Waals surface area (Å²) in [5, 5.41) is 0. The van der Waals surface area contributed by atoms with Crippen LogP contribution in [0.5, 0.6) is 0 Å². The smallest absolute Gasteiger partial charge is 0.00327 e. The van der Waals surface area contributed by atoms with E-state index in [1.165, 1.54) is 6.42 Å². The van der Waals surface area contributed by atoms with Crippen molar-refractivity contribution < 1.29 is 0 Å². The molecular weight excluding hydrogens is 110 g/mol. The third-order valence-electron chi connectivity index (χ3n) is 1.10. The monoisotopic (exact) mass is 125 g/mol. The zero-order valence-electron chi connectivity index (χ0n) is 6.22. The normalized spacial score (nSPS) is 12.9. The molecule has 0 amide bonds. The second-order valence-electron chi connectivity index (χ2n) is 2.10. The minimum atomic E-state index is 1.13. The van der Waals surface area contributed by atoms with Crippen LogP contribution in [0.1, 0.15) is 26.7 Å². The first-order chi connectivity index (χ1) is 4.31. The lowest BCUT2D eigenvalue weighted by Gasteiger charge is -1.86. The van der Waals surface area contributed by atoms with Crippen LogP contribution in [0, 0.1) is 0 Å². The number of allylic oxidation sites excluding steroid dienone is 3. The van der Waals surface area contributed by atoms with Crippen LogP contribution in [0.4, 0.5) is 0 Å². The molecule has 2 N–H and O–H groups in total. The molecule has 0 saturated carbocycles. The number of rotatable bonds is 3. The van der Waals surface area contributed by atoms with Gasteiger partial charge in [0.25, 0.3) is 0 Å². The van der Waals surface area contributed by atoms with Crippen LogP contribution in [0.15, 0.2) is 23.9 Å². The summed E-state index contributed by atoms with van der Waals surface area (Å²) in [6.07, 6.45) is 8.15. The predicted octanol–water partition coefficient (Wildman–Crippen LogP) is 2.21. The average Bonchev–Trinajstić information content (AvgIpc) is 1.89. The van der Waals surface area contributed by atoms with Crippen molar-refractivity contribution in [2.45, 2.75) is 26.7 Å². The Kier molecular flexibility index (Phi) is 4.98. The van der Waals surface area contributed by atoms with Crippen LogP contribution in [0.25, 0.3) is 0 Å². The van der Waals surface area contributed by atoms with Crippen molar-refractivity contribution in [1.82, 2.24) is 0 Å². The number of hydrogen-bond donors (Lipinski definition) is 1. The van der Waals surface area contributed by atoms with Gasteiger partial charge in [-0.05, 0) is 25.1 Å². The summed E-state index contributed by atoms with van der Waals surface area (Å²) in [5.41, 5.74) is 6.37. The quantitative estimate of drug-likeness (QED) is 0.575. The molecular formula is C8H15N. The maximum atomic E-state index is 5.24. The molecule has 1 heteroatoms. The van der Waals surface area contributed by atoms with Crippen molar-refractivity contribution in [3.05, 3.63) is 23.9 Å². The lowest BCUT2D eigenvalue weighted by atomic mass is 10.2. The van der Waals surface area contributed by atoms with E-state index >= 15 is 0 Å². The zero-order chi connectivity index (χ0) is 7.11. The van der Waals surface area contributed by atoms with Gasteiger partial charge >= 0.3 is 0 Å². The summed E-state index contributed by atoms with van der Waals surface area (Å²) in [5.74, 6) is 0. The molecule has 1 nitrogen and oxygen atoms in total. The summed E-state index contributed by atoms with van der Waals surface area (Å²) < 4.78 is 0. The molecule has 0 aromatic heterocycles. The Bertz CT molecular complexity index is 112. The standard InChI is InChI=1S/C8H15N/c1-3-4-5-6-8(2)7-9/h5-7H,3-4,9H2,1-2H3/b6-5?,8-7-. The van der Waals surface area contributed by atoms with Gasteiger partial charge in [-0.1, -0.05) is 25.5 Å². The molecule has 52 valence electrons. The van der Waals surface area contributed by atoms with Crippen molar-refractivity contribution >= 4 is 0 Å². The van der Waals surface area contributed by atoms with Gasteiger partial charge in [-0.3, -0.25) is 0 Å². The molecule has 0 aliphatic carbocycles. The van der Waals surface area contributed by atoms with Gasteiger partial charge in [-0.2, -0.15) is 0 Å². The van der Waals surface area contributed by atoms with Crippen LogP contribution >= 0.6 is 0 Å². The van der Waals surface area contributed by atoms with Gasteiger partial charge in [-0.15, -0.1) is 0 Å². The Balaban J connectivity index is 3.45. The summed E-state index contributed by atoms with van der Waals surface area (Å²) in [6.45, 7) is 4.15. The van der Waals surface area contributed by atoms with Crippen LogP contribution in [0.2, 0.25) is 0 Å². The lowest BCUT2D eigenvalue weighted by molar-refractivity contribution is 0.957. The van der Waals surface area contributed by atoms with E-state index in [1.807, 2.05) is 13.0 Å². The Morgan fingerprint density at radius 2 is 2.22 bits per heavy atom. The topological polar surface area (TPSA) is 26.0 Å². The fourth-order valence-electron chi connectivity index (χ4n) is 0.491. The summed E-state index contributed by atoms with van der Waals surface area (Å²) in [7, 11) is 0. The van der Waals surface area contributed by atoms with E-state index in [0.29, 0.717) is 0 Å². The molecule has 0 aromatic carbocycles. The second kappa shape index (κ2) is 5.42. The van der Waals surface area contributed by atoms with Gasteiger partial charge in [0.1, 0.15) is 0 Å². The van der Waals surface area contributed by atoms with Gasteiger partial charge < -0.3 is 5.73 Å². The van der Waals surface area contributed by atoms with E-state index in [-0.39, 0.29) is 0 Å². The molecule has 0 saturated heterocycles. The molecule has 0 radical (unpaired) electrons. The van der Waals surface area contributed by atoms with Gasteiger partial charge in [0, 0.05) is 0 Å². The molecule has 0 fully saturated rings. The Hall–Kier alpha value is -0.720. The van der Waals surface area contributed by atoms with Crippen LogP contribution in [-0.2, 0) is 0 Å². The first-order valence-corrected chi connectivity index (χ1v) is 3.36. The zero-order valence-corrected chi connectivity index (χ0v) is 6.22. The highest BCUT2D eigenvalue weighted by Gasteiger charge is 1.75. The second-order valence-corrected chi connectivity index (χ2v) is 2.10. The number of unbranched alkanes of at least 4 members (excludes halogenated alkanes) is 1. The van der Waals surface area contributed by atoms with Gasteiger partial charge in [0.2, 0.25) is 0 Å². The van der Waals surface area contributed by atoms with Gasteiger partial charge in [0.15, 0.2) is 0 Å². The van der Waals surface area contributed by atoms with Crippen molar-refractivity contribution in [3.63, 3.8) is 0 Å². The molecule has 0 aliphatic heterocycles. The molecule has 0 atom stereocenters. The van der Waals surface area contributed by atoms with E-state index in [4.69, 9.17) is 5.73 Å². The fourth-order valence-corrected chi connectivity index (χ4v) is 0.491. The van der Waals surface area contributed by atoms with Crippen molar-refractivity contribution in [2.75, 3.05) is 0 Å².